The number of hydrogen-bond acceptors (Lipinski definition) is 3. The molecule has 0 aliphatic carbocycles. The molecule has 2 aromatic heterocycles. The van der Waals surface area contributed by atoms with Gasteiger partial charge in [-0.3, -0.25) is 4.98 Å². The second-order valence-electron chi connectivity index (χ2n) is 4.98. The van der Waals surface area contributed by atoms with Gasteiger partial charge in [0.15, 0.2) is 5.76 Å². The van der Waals surface area contributed by atoms with Gasteiger partial charge in [0.25, 0.3) is 0 Å². The molecule has 0 atom stereocenters. The van der Waals surface area contributed by atoms with E-state index in [2.05, 4.69) is 48.4 Å². The normalized spacial score (nSPS) is 10.9. The van der Waals surface area contributed by atoms with Crippen LogP contribution in [0.2, 0.25) is 0 Å². The highest BCUT2D eigenvalue weighted by Gasteiger charge is 2.14. The number of benzene rings is 1. The molecular formula is C17H15N2O. The molecule has 0 bridgehead atoms. The minimum Gasteiger partial charge on any atom is -0.356 e. The molecule has 0 N–H and O–H groups in total. The second kappa shape index (κ2) is 5.29. The van der Waals surface area contributed by atoms with Crippen LogP contribution >= 0.6 is 0 Å². The average Bonchev–Trinajstić information content (AvgIpc) is 3.01. The van der Waals surface area contributed by atoms with E-state index in [0.717, 1.165) is 22.4 Å². The Kier molecular flexibility index (Phi) is 3.33. The van der Waals surface area contributed by atoms with Gasteiger partial charge in [-0.2, -0.15) is 0 Å². The summed E-state index contributed by atoms with van der Waals surface area (Å²) in [7, 11) is 0. The van der Waals surface area contributed by atoms with Crippen LogP contribution in [0.25, 0.3) is 22.5 Å². The van der Waals surface area contributed by atoms with Crippen LogP contribution in [0.4, 0.5) is 0 Å². The summed E-state index contributed by atoms with van der Waals surface area (Å²) in [5.74, 6) is 1.05. The van der Waals surface area contributed by atoms with Crippen LogP contribution in [0.15, 0.2) is 53.2 Å². The predicted molar refractivity (Wildman–Crippen MR) is 78.1 cm³/mol. The van der Waals surface area contributed by atoms with Crippen LogP contribution in [-0.4, -0.2) is 10.1 Å². The number of aromatic nitrogens is 2. The van der Waals surface area contributed by atoms with Gasteiger partial charge >= 0.3 is 0 Å². The van der Waals surface area contributed by atoms with Crippen molar-refractivity contribution in [2.45, 2.75) is 19.8 Å². The first kappa shape index (κ1) is 12.6. The molecule has 2 heterocycles. The number of pyridine rings is 1. The third kappa shape index (κ3) is 2.35. The lowest BCUT2D eigenvalue weighted by atomic mass is 9.97. The summed E-state index contributed by atoms with van der Waals surface area (Å²) >= 11 is 0. The lowest BCUT2D eigenvalue weighted by molar-refractivity contribution is 0.432. The summed E-state index contributed by atoms with van der Waals surface area (Å²) in [5, 5.41) is 3.77. The van der Waals surface area contributed by atoms with Crippen LogP contribution in [-0.2, 0) is 0 Å². The maximum Gasteiger partial charge on any atom is 0.169 e. The van der Waals surface area contributed by atoms with E-state index < -0.39 is 0 Å². The maximum absolute atomic E-state index is 5.26. The van der Waals surface area contributed by atoms with Crippen molar-refractivity contribution in [3.8, 4) is 22.5 Å². The largest absolute Gasteiger partial charge is 0.356 e. The van der Waals surface area contributed by atoms with E-state index in [4.69, 9.17) is 4.52 Å². The van der Waals surface area contributed by atoms with Gasteiger partial charge in [0, 0.05) is 11.8 Å². The zero-order valence-electron chi connectivity index (χ0n) is 11.5. The van der Waals surface area contributed by atoms with E-state index in [1.165, 1.54) is 0 Å². The van der Waals surface area contributed by atoms with Gasteiger partial charge in [0.1, 0.15) is 6.20 Å². The van der Waals surface area contributed by atoms with Gasteiger partial charge in [-0.25, -0.2) is 0 Å². The van der Waals surface area contributed by atoms with Crippen molar-refractivity contribution in [1.82, 2.24) is 10.1 Å². The van der Waals surface area contributed by atoms with Gasteiger partial charge in [-0.15, -0.1) is 0 Å². The quantitative estimate of drug-likeness (QED) is 0.706. The third-order valence-electron chi connectivity index (χ3n) is 3.22. The fourth-order valence-corrected chi connectivity index (χ4v) is 2.11. The van der Waals surface area contributed by atoms with Crippen molar-refractivity contribution in [3.63, 3.8) is 0 Å². The average molecular weight is 263 g/mol. The molecule has 20 heavy (non-hydrogen) atoms. The van der Waals surface area contributed by atoms with E-state index in [-0.39, 0.29) is 0 Å². The van der Waals surface area contributed by atoms with Crippen molar-refractivity contribution in [2.75, 3.05) is 0 Å². The highest BCUT2D eigenvalue weighted by molar-refractivity contribution is 5.80. The Bertz CT molecular complexity index is 688. The third-order valence-corrected chi connectivity index (χ3v) is 3.22. The van der Waals surface area contributed by atoms with Gasteiger partial charge in [0.2, 0.25) is 0 Å². The van der Waals surface area contributed by atoms with Gasteiger partial charge < -0.3 is 4.52 Å². The summed E-state index contributed by atoms with van der Waals surface area (Å²) in [5.41, 5.74) is 4.06. The topological polar surface area (TPSA) is 38.9 Å². The molecule has 3 rings (SSSR count). The molecule has 0 unspecified atom stereocenters. The first-order valence-corrected chi connectivity index (χ1v) is 6.65. The van der Waals surface area contributed by atoms with Crippen molar-refractivity contribution in [2.24, 2.45) is 0 Å². The highest BCUT2D eigenvalue weighted by atomic mass is 16.5. The summed E-state index contributed by atoms with van der Waals surface area (Å²) in [6.07, 6.45) is 4.74. The van der Waals surface area contributed by atoms with Crippen LogP contribution in [0.1, 0.15) is 25.5 Å². The second-order valence-corrected chi connectivity index (χ2v) is 4.98. The highest BCUT2D eigenvalue weighted by Crippen LogP contribution is 2.32. The molecule has 3 nitrogen and oxygen atoms in total. The van der Waals surface area contributed by atoms with Crippen molar-refractivity contribution in [3.05, 3.63) is 60.6 Å². The molecule has 0 aliphatic rings. The zero-order valence-corrected chi connectivity index (χ0v) is 11.5. The molecule has 3 aromatic rings. The molecule has 0 saturated heterocycles. The zero-order chi connectivity index (χ0) is 13.9. The minimum atomic E-state index is 0.359. The van der Waals surface area contributed by atoms with Crippen LogP contribution in [0.3, 0.4) is 0 Å². The number of rotatable bonds is 3. The van der Waals surface area contributed by atoms with Crippen LogP contribution in [0.5, 0.6) is 0 Å². The molecule has 1 aromatic carbocycles. The van der Waals surface area contributed by atoms with Gasteiger partial charge in [-0.05, 0) is 23.1 Å². The Hall–Kier alpha value is -2.42. The van der Waals surface area contributed by atoms with Crippen molar-refractivity contribution in [1.29, 1.82) is 0 Å². The van der Waals surface area contributed by atoms with E-state index >= 15 is 0 Å². The maximum atomic E-state index is 5.26. The Balaban J connectivity index is 2.20. The fourth-order valence-electron chi connectivity index (χ4n) is 2.11. The lowest BCUT2D eigenvalue weighted by Crippen LogP contribution is -1.95. The van der Waals surface area contributed by atoms with Crippen molar-refractivity contribution < 1.29 is 4.52 Å². The van der Waals surface area contributed by atoms with E-state index in [1.807, 2.05) is 24.3 Å². The SMILES string of the molecule is CC(C)c1cc(-c2ccccc2)c(-c2ccno2)[c]n1. The Morgan fingerprint density at radius 2 is 1.90 bits per heavy atom. The minimum absolute atomic E-state index is 0.359. The molecule has 0 amide bonds. The standard InChI is InChI=1S/C17H15N2O/c1-12(2)16-10-14(13-6-4-3-5-7-13)15(11-18-16)17-8-9-19-20-17/h3-10,12H,1-2H3. The molecule has 0 fully saturated rings. The first-order chi connectivity index (χ1) is 9.75. The summed E-state index contributed by atoms with van der Waals surface area (Å²) in [4.78, 5) is 4.41. The smallest absolute Gasteiger partial charge is 0.169 e. The molecule has 99 valence electrons. The Morgan fingerprint density at radius 3 is 2.55 bits per heavy atom. The van der Waals surface area contributed by atoms with Crippen molar-refractivity contribution >= 4 is 0 Å². The van der Waals surface area contributed by atoms with E-state index in [0.29, 0.717) is 11.7 Å². The summed E-state index contributed by atoms with van der Waals surface area (Å²) in [6, 6.07) is 14.1. The molecular weight excluding hydrogens is 248 g/mol. The molecule has 0 aliphatic heterocycles. The summed E-state index contributed by atoms with van der Waals surface area (Å²) in [6.45, 7) is 4.25. The molecule has 0 saturated carbocycles. The van der Waals surface area contributed by atoms with Gasteiger partial charge in [0.05, 0.1) is 11.8 Å². The predicted octanol–water partition coefficient (Wildman–Crippen LogP) is 4.33. The Morgan fingerprint density at radius 1 is 1.10 bits per heavy atom. The van der Waals surface area contributed by atoms with Gasteiger partial charge in [-0.1, -0.05) is 49.3 Å². The number of nitrogens with zero attached hydrogens (tertiary/aromatic N) is 2. The van der Waals surface area contributed by atoms with E-state index in [9.17, 15) is 0 Å². The monoisotopic (exact) mass is 263 g/mol. The number of hydrogen-bond donors (Lipinski definition) is 0. The molecule has 1 radical (unpaired) electrons. The molecule has 3 heteroatoms. The summed E-state index contributed by atoms with van der Waals surface area (Å²) < 4.78 is 5.26. The van der Waals surface area contributed by atoms with E-state index in [1.54, 1.807) is 6.20 Å². The molecule has 0 spiro atoms. The first-order valence-electron chi connectivity index (χ1n) is 6.65. The fraction of sp³-hybridized carbons (Fsp3) is 0.176. The van der Waals surface area contributed by atoms with Crippen LogP contribution in [0, 0.1) is 6.20 Å². The lowest BCUT2D eigenvalue weighted by Gasteiger charge is -2.11. The Labute approximate surface area is 118 Å². The van der Waals surface area contributed by atoms with Crippen LogP contribution < -0.4 is 0 Å².